The van der Waals surface area contributed by atoms with Crippen LogP contribution in [0.2, 0.25) is 18.1 Å². The van der Waals surface area contributed by atoms with E-state index in [9.17, 15) is 18.0 Å². The van der Waals surface area contributed by atoms with Gasteiger partial charge in [-0.05, 0) is 69.4 Å². The van der Waals surface area contributed by atoms with Gasteiger partial charge in [-0.15, -0.1) is 0 Å². The molecular weight excluding hydrogens is 569 g/mol. The number of benzene rings is 1. The third-order valence-corrected chi connectivity index (χ3v) is 12.7. The minimum Gasteiger partial charge on any atom is -0.497 e. The average Bonchev–Trinajstić information content (AvgIpc) is 3.21. The molecule has 0 spiro atoms. The van der Waals surface area contributed by atoms with E-state index in [2.05, 4.69) is 0 Å². The van der Waals surface area contributed by atoms with Gasteiger partial charge in [-0.3, -0.25) is 4.79 Å². The van der Waals surface area contributed by atoms with Crippen molar-refractivity contribution in [3.8, 4) is 5.75 Å². The molecule has 5 unspecified atom stereocenters. The van der Waals surface area contributed by atoms with Crippen molar-refractivity contribution in [2.45, 2.75) is 116 Å². The van der Waals surface area contributed by atoms with Crippen molar-refractivity contribution in [2.75, 3.05) is 27.4 Å². The van der Waals surface area contributed by atoms with Gasteiger partial charge in [0.1, 0.15) is 11.9 Å². The molecule has 0 radical (unpaired) electrons. The summed E-state index contributed by atoms with van der Waals surface area (Å²) in [4.78, 5) is 12.3. The zero-order chi connectivity index (χ0) is 31.9. The van der Waals surface area contributed by atoms with E-state index in [0.29, 0.717) is 13.0 Å². The van der Waals surface area contributed by atoms with Crippen LogP contribution in [0.1, 0.15) is 66.4 Å². The van der Waals surface area contributed by atoms with Crippen LogP contribution in [0.5, 0.6) is 5.75 Å². The van der Waals surface area contributed by atoms with Crippen LogP contribution in [0.25, 0.3) is 0 Å². The first kappa shape index (κ1) is 36.5. The van der Waals surface area contributed by atoms with Gasteiger partial charge in [-0.2, -0.15) is 13.2 Å². The number of hydrogen-bond donors (Lipinski definition) is 0. The molecule has 11 heteroatoms. The predicted octanol–water partition coefficient (Wildman–Crippen LogP) is 7.32. The molecule has 0 N–H and O–H groups in total. The summed E-state index contributed by atoms with van der Waals surface area (Å²) < 4.78 is 77.0. The minimum atomic E-state index is -4.50. The summed E-state index contributed by atoms with van der Waals surface area (Å²) in [5.74, 6) is 0.144. The fourth-order valence-electron chi connectivity index (χ4n) is 4.59. The zero-order valence-electron chi connectivity index (χ0n) is 26.9. The van der Waals surface area contributed by atoms with E-state index >= 15 is 0 Å². The predicted molar refractivity (Wildman–Crippen MR) is 158 cm³/mol. The number of halogens is 3. The molecule has 1 aromatic carbocycles. The van der Waals surface area contributed by atoms with E-state index in [0.717, 1.165) is 11.3 Å². The molecule has 0 aromatic heterocycles. The zero-order valence-corrected chi connectivity index (χ0v) is 27.9. The van der Waals surface area contributed by atoms with Gasteiger partial charge < -0.3 is 28.1 Å². The Bertz CT molecular complexity index is 971. The normalized spacial score (nSPS) is 22.7. The van der Waals surface area contributed by atoms with Crippen LogP contribution >= 0.6 is 0 Å². The summed E-state index contributed by atoms with van der Waals surface area (Å²) in [6, 6.07) is 7.51. The van der Waals surface area contributed by atoms with Crippen molar-refractivity contribution in [2.24, 2.45) is 11.3 Å². The first-order valence-electron chi connectivity index (χ1n) is 14.6. The maximum atomic E-state index is 14.1. The second-order valence-corrected chi connectivity index (χ2v) is 18.4. The van der Waals surface area contributed by atoms with E-state index in [1.165, 1.54) is 7.11 Å². The highest BCUT2D eigenvalue weighted by atomic mass is 28.4. The second kappa shape index (κ2) is 14.9. The molecule has 242 valence electrons. The highest BCUT2D eigenvalue weighted by Gasteiger charge is 2.50. The van der Waals surface area contributed by atoms with Gasteiger partial charge in [0.25, 0.3) is 0 Å². The maximum Gasteiger partial charge on any atom is 0.413 e. The Kier molecular flexibility index (Phi) is 12.9. The Labute approximate surface area is 250 Å². The lowest BCUT2D eigenvalue weighted by Crippen LogP contribution is -2.48. The first-order valence-corrected chi connectivity index (χ1v) is 17.5. The Morgan fingerprint density at radius 1 is 0.976 bits per heavy atom. The van der Waals surface area contributed by atoms with Crippen molar-refractivity contribution < 1.29 is 46.1 Å². The Balaban J connectivity index is 2.15. The molecule has 1 heterocycles. The van der Waals surface area contributed by atoms with Gasteiger partial charge in [0.05, 0.1) is 50.7 Å². The van der Waals surface area contributed by atoms with Gasteiger partial charge >= 0.3 is 12.1 Å². The molecule has 7 nitrogen and oxygen atoms in total. The van der Waals surface area contributed by atoms with Crippen LogP contribution in [-0.4, -0.2) is 72.3 Å². The molecule has 1 fully saturated rings. The molecule has 1 saturated heterocycles. The minimum absolute atomic E-state index is 0.102. The molecule has 1 aliphatic rings. The summed E-state index contributed by atoms with van der Waals surface area (Å²) in [7, 11) is 0.459. The van der Waals surface area contributed by atoms with Crippen molar-refractivity contribution >= 4 is 14.3 Å². The van der Waals surface area contributed by atoms with E-state index in [1.807, 2.05) is 58.1 Å². The fourth-order valence-corrected chi connectivity index (χ4v) is 5.91. The van der Waals surface area contributed by atoms with E-state index in [-0.39, 0.29) is 43.0 Å². The number of esters is 1. The SMILES string of the molecule is COc1ccc(COCC2C(CCOC(=O)C(C)(C)C)OC(CCC(O[Si](C)(C)C(C)(C)C)C(F)(F)F)C2OC)cc1. The second-order valence-electron chi connectivity index (χ2n) is 13.6. The quantitative estimate of drug-likeness (QED) is 0.159. The Morgan fingerprint density at radius 3 is 2.10 bits per heavy atom. The molecule has 5 atom stereocenters. The van der Waals surface area contributed by atoms with Crippen LogP contribution in [0.15, 0.2) is 24.3 Å². The third-order valence-electron chi connectivity index (χ3n) is 8.20. The molecule has 42 heavy (non-hydrogen) atoms. The van der Waals surface area contributed by atoms with Crippen molar-refractivity contribution in [1.82, 2.24) is 0 Å². The number of methoxy groups -OCH3 is 2. The van der Waals surface area contributed by atoms with Crippen LogP contribution in [0, 0.1) is 11.3 Å². The summed E-state index contributed by atoms with van der Waals surface area (Å²) in [5, 5.41) is -0.364. The highest BCUT2D eigenvalue weighted by Crippen LogP contribution is 2.42. The molecule has 2 rings (SSSR count). The van der Waals surface area contributed by atoms with Crippen LogP contribution in [0.3, 0.4) is 0 Å². The number of hydrogen-bond acceptors (Lipinski definition) is 7. The van der Waals surface area contributed by atoms with Crippen LogP contribution in [-0.2, 0) is 34.8 Å². The fraction of sp³-hybridized carbons (Fsp3) is 0.774. The number of rotatable bonds is 14. The van der Waals surface area contributed by atoms with Gasteiger partial charge in [0, 0.05) is 19.4 Å². The van der Waals surface area contributed by atoms with Gasteiger partial charge in [-0.1, -0.05) is 32.9 Å². The first-order chi connectivity index (χ1) is 19.3. The number of carbonyl (C=O) groups is 1. The molecule has 0 amide bonds. The molecule has 0 aliphatic carbocycles. The van der Waals surface area contributed by atoms with Gasteiger partial charge in [0.15, 0.2) is 8.32 Å². The maximum absolute atomic E-state index is 14.1. The highest BCUT2D eigenvalue weighted by molar-refractivity contribution is 6.74. The molecule has 1 aromatic rings. The summed E-state index contributed by atoms with van der Waals surface area (Å²) in [6.45, 7) is 15.4. The van der Waals surface area contributed by atoms with Crippen LogP contribution < -0.4 is 4.74 Å². The van der Waals surface area contributed by atoms with E-state index in [4.69, 9.17) is 28.1 Å². The van der Waals surface area contributed by atoms with Crippen molar-refractivity contribution in [1.29, 1.82) is 0 Å². The Morgan fingerprint density at radius 2 is 1.60 bits per heavy atom. The number of carbonyl (C=O) groups excluding carboxylic acids is 1. The van der Waals surface area contributed by atoms with Gasteiger partial charge in [0.2, 0.25) is 0 Å². The monoisotopic (exact) mass is 620 g/mol. The lowest BCUT2D eigenvalue weighted by Gasteiger charge is -2.40. The molecule has 1 aliphatic heterocycles. The molecule has 0 bridgehead atoms. The lowest BCUT2D eigenvalue weighted by molar-refractivity contribution is -0.202. The van der Waals surface area contributed by atoms with Crippen LogP contribution in [0.4, 0.5) is 13.2 Å². The van der Waals surface area contributed by atoms with E-state index in [1.54, 1.807) is 27.9 Å². The Hall–Kier alpha value is -1.66. The lowest BCUT2D eigenvalue weighted by atomic mass is 9.93. The number of ether oxygens (including phenoxy) is 5. The largest absolute Gasteiger partial charge is 0.497 e. The topological polar surface area (TPSA) is 72.5 Å². The van der Waals surface area contributed by atoms with Gasteiger partial charge in [-0.25, -0.2) is 0 Å². The molecular formula is C31H51F3O7Si. The molecule has 0 saturated carbocycles. The third kappa shape index (κ3) is 10.5. The summed E-state index contributed by atoms with van der Waals surface area (Å²) in [5.41, 5.74) is 0.304. The van der Waals surface area contributed by atoms with Crippen molar-refractivity contribution in [3.05, 3.63) is 29.8 Å². The number of alkyl halides is 3. The van der Waals surface area contributed by atoms with Crippen molar-refractivity contribution in [3.63, 3.8) is 0 Å². The summed E-state index contributed by atoms with van der Waals surface area (Å²) in [6.07, 6.45) is -7.68. The standard InChI is InChI=1S/C31H51F3O7Si/c1-29(2,3)28(35)39-18-17-24-23(20-38-19-21-11-13-22(36-7)14-12-21)27(37-8)25(40-24)15-16-26(31(32,33)34)41-42(9,10)30(4,5)6/h11-14,23-27H,15-20H2,1-10H3. The summed E-state index contributed by atoms with van der Waals surface area (Å²) >= 11 is 0. The average molecular weight is 621 g/mol. The van der Waals surface area contributed by atoms with E-state index < -0.39 is 44.3 Å². The smallest absolute Gasteiger partial charge is 0.413 e.